The molecule has 1 aromatic carbocycles. The molecule has 0 radical (unpaired) electrons. The third-order valence-corrected chi connectivity index (χ3v) is 5.93. The van der Waals surface area contributed by atoms with Crippen molar-refractivity contribution in [1.29, 1.82) is 0 Å². The molecule has 2 heterocycles. The molecule has 2 amide bonds. The maximum Gasteiger partial charge on any atom is 0.318 e. The van der Waals surface area contributed by atoms with Gasteiger partial charge in [-0.1, -0.05) is 19.1 Å². The summed E-state index contributed by atoms with van der Waals surface area (Å²) in [6.07, 6.45) is 4.25. The number of carbonyl (C=O) groups is 1. The van der Waals surface area contributed by atoms with Crippen LogP contribution >= 0.6 is 0 Å². The third-order valence-electron chi connectivity index (χ3n) is 5.93. The lowest BCUT2D eigenvalue weighted by Crippen LogP contribution is -2.48. The Hall–Kier alpha value is -1.62. The smallest absolute Gasteiger partial charge is 0.318 e. The summed E-state index contributed by atoms with van der Waals surface area (Å²) in [5.41, 5.74) is 0.997. The molecule has 130 valence electrons. The first-order chi connectivity index (χ1) is 11.7. The highest BCUT2D eigenvalue weighted by molar-refractivity contribution is 5.76. The second-order valence-electron chi connectivity index (χ2n) is 7.43. The molecule has 2 bridgehead atoms. The molecule has 1 N–H and O–H groups in total. The van der Waals surface area contributed by atoms with E-state index in [-0.39, 0.29) is 23.8 Å². The molecule has 4 unspecified atom stereocenters. The average Bonchev–Trinajstić information content (AvgIpc) is 3.23. The Labute approximate surface area is 143 Å². The lowest BCUT2D eigenvalue weighted by molar-refractivity contribution is 0.170. The van der Waals surface area contributed by atoms with Gasteiger partial charge >= 0.3 is 6.03 Å². The largest absolute Gasteiger partial charge is 0.335 e. The molecule has 4 rings (SSSR count). The minimum absolute atomic E-state index is 0.0874. The van der Waals surface area contributed by atoms with Crippen molar-refractivity contribution in [2.45, 2.75) is 56.7 Å². The number of halogens is 1. The molecule has 0 aromatic heterocycles. The molecule has 3 fully saturated rings. The van der Waals surface area contributed by atoms with Crippen LogP contribution in [-0.2, 0) is 0 Å². The van der Waals surface area contributed by atoms with E-state index in [0.717, 1.165) is 50.9 Å². The number of hydrogen-bond donors (Lipinski definition) is 1. The van der Waals surface area contributed by atoms with E-state index in [0.29, 0.717) is 12.1 Å². The second-order valence-corrected chi connectivity index (χ2v) is 7.43. The Morgan fingerprint density at radius 2 is 2.12 bits per heavy atom. The SMILES string of the molecule is CCN1CCC2CCC(C1)N2C(=O)NC1CC1c1cccc(F)c1. The molecule has 4 nitrogen and oxygen atoms in total. The van der Waals surface area contributed by atoms with Gasteiger partial charge in [0.15, 0.2) is 0 Å². The van der Waals surface area contributed by atoms with Gasteiger partial charge in [-0.15, -0.1) is 0 Å². The normalized spacial score (nSPS) is 32.5. The summed E-state index contributed by atoms with van der Waals surface area (Å²) < 4.78 is 13.4. The fourth-order valence-corrected chi connectivity index (χ4v) is 4.46. The topological polar surface area (TPSA) is 35.6 Å². The fraction of sp³-hybridized carbons (Fsp3) is 0.632. The molecular weight excluding hydrogens is 305 g/mol. The molecule has 24 heavy (non-hydrogen) atoms. The molecule has 1 saturated carbocycles. The van der Waals surface area contributed by atoms with Crippen molar-refractivity contribution in [3.05, 3.63) is 35.6 Å². The Morgan fingerprint density at radius 3 is 2.92 bits per heavy atom. The Balaban J connectivity index is 1.39. The molecule has 4 atom stereocenters. The van der Waals surface area contributed by atoms with Crippen molar-refractivity contribution in [3.63, 3.8) is 0 Å². The number of carbonyl (C=O) groups excluding carboxylic acids is 1. The molecule has 1 aliphatic carbocycles. The van der Waals surface area contributed by atoms with Crippen LogP contribution < -0.4 is 5.32 Å². The first-order valence-electron chi connectivity index (χ1n) is 9.22. The van der Waals surface area contributed by atoms with Crippen molar-refractivity contribution >= 4 is 6.03 Å². The first kappa shape index (κ1) is 15.9. The van der Waals surface area contributed by atoms with Crippen LogP contribution in [0.1, 0.15) is 44.1 Å². The number of likely N-dealkylation sites (N-methyl/N-ethyl adjacent to an activating group) is 1. The summed E-state index contributed by atoms with van der Waals surface area (Å²) in [6, 6.07) is 7.74. The van der Waals surface area contributed by atoms with Gasteiger partial charge in [-0.05, 0) is 49.9 Å². The van der Waals surface area contributed by atoms with Gasteiger partial charge in [0.2, 0.25) is 0 Å². The summed E-state index contributed by atoms with van der Waals surface area (Å²) in [5.74, 6) is 0.0658. The van der Waals surface area contributed by atoms with Gasteiger partial charge < -0.3 is 15.1 Å². The number of benzene rings is 1. The van der Waals surface area contributed by atoms with Crippen molar-refractivity contribution < 1.29 is 9.18 Å². The van der Waals surface area contributed by atoms with Crippen molar-refractivity contribution in [1.82, 2.24) is 15.1 Å². The Bertz CT molecular complexity index is 622. The lowest BCUT2D eigenvalue weighted by Gasteiger charge is -2.29. The van der Waals surface area contributed by atoms with E-state index in [1.165, 1.54) is 6.07 Å². The van der Waals surface area contributed by atoms with Crippen LogP contribution in [0.3, 0.4) is 0 Å². The Morgan fingerprint density at radius 1 is 1.29 bits per heavy atom. The van der Waals surface area contributed by atoms with Crippen LogP contribution in [0.2, 0.25) is 0 Å². The number of urea groups is 1. The molecule has 2 saturated heterocycles. The summed E-state index contributed by atoms with van der Waals surface area (Å²) >= 11 is 0. The van der Waals surface area contributed by atoms with Crippen molar-refractivity contribution in [2.75, 3.05) is 19.6 Å². The van der Waals surface area contributed by atoms with E-state index < -0.39 is 0 Å². The highest BCUT2D eigenvalue weighted by Gasteiger charge is 2.44. The quantitative estimate of drug-likeness (QED) is 0.924. The van der Waals surface area contributed by atoms with Gasteiger partial charge in [-0.2, -0.15) is 0 Å². The van der Waals surface area contributed by atoms with Gasteiger partial charge in [0, 0.05) is 37.1 Å². The van der Waals surface area contributed by atoms with E-state index in [9.17, 15) is 9.18 Å². The average molecular weight is 331 g/mol. The number of likely N-dealkylation sites (tertiary alicyclic amines) is 1. The third kappa shape index (κ3) is 3.02. The highest BCUT2D eigenvalue weighted by Crippen LogP contribution is 2.41. The fourth-order valence-electron chi connectivity index (χ4n) is 4.46. The van der Waals surface area contributed by atoms with Crippen LogP contribution in [0.15, 0.2) is 24.3 Å². The number of fused-ring (bicyclic) bond motifs is 2. The Kier molecular flexibility index (Phi) is 4.21. The minimum Gasteiger partial charge on any atom is -0.335 e. The maximum atomic E-state index is 13.4. The second kappa shape index (κ2) is 6.36. The van der Waals surface area contributed by atoms with E-state index in [2.05, 4.69) is 22.0 Å². The number of rotatable bonds is 3. The molecule has 1 aromatic rings. The zero-order chi connectivity index (χ0) is 16.7. The van der Waals surface area contributed by atoms with Crippen LogP contribution in [0.25, 0.3) is 0 Å². The highest BCUT2D eigenvalue weighted by atomic mass is 19.1. The molecule has 2 aliphatic heterocycles. The first-order valence-corrected chi connectivity index (χ1v) is 9.22. The summed E-state index contributed by atoms with van der Waals surface area (Å²) in [5, 5.41) is 3.20. The predicted octanol–water partition coefficient (Wildman–Crippen LogP) is 2.95. The van der Waals surface area contributed by atoms with Gasteiger partial charge in [0.25, 0.3) is 0 Å². The lowest BCUT2D eigenvalue weighted by atomic mass is 10.1. The standard InChI is InChI=1S/C19H26FN3O/c1-2-22-9-8-15-6-7-16(12-22)23(15)19(24)21-18-11-17(18)13-4-3-5-14(20)10-13/h3-5,10,15-18H,2,6-9,11-12H2,1H3,(H,21,24). The van der Waals surface area contributed by atoms with E-state index >= 15 is 0 Å². The molecule has 0 spiro atoms. The van der Waals surface area contributed by atoms with Crippen LogP contribution in [0, 0.1) is 5.82 Å². The van der Waals surface area contributed by atoms with Gasteiger partial charge in [0.05, 0.1) is 0 Å². The molecule has 3 aliphatic rings. The summed E-state index contributed by atoms with van der Waals surface area (Å²) in [6.45, 7) is 5.34. The van der Waals surface area contributed by atoms with Crippen LogP contribution in [0.4, 0.5) is 9.18 Å². The van der Waals surface area contributed by atoms with Crippen LogP contribution in [0.5, 0.6) is 0 Å². The number of nitrogens with zero attached hydrogens (tertiary/aromatic N) is 2. The zero-order valence-electron chi connectivity index (χ0n) is 14.2. The minimum atomic E-state index is -0.199. The number of nitrogens with one attached hydrogen (secondary N) is 1. The van der Waals surface area contributed by atoms with Gasteiger partial charge in [0.1, 0.15) is 5.82 Å². The van der Waals surface area contributed by atoms with E-state index in [1.807, 2.05) is 6.07 Å². The van der Waals surface area contributed by atoms with Crippen molar-refractivity contribution in [3.8, 4) is 0 Å². The van der Waals surface area contributed by atoms with Crippen molar-refractivity contribution in [2.24, 2.45) is 0 Å². The predicted molar refractivity (Wildman–Crippen MR) is 91.5 cm³/mol. The molecular formula is C19H26FN3O. The van der Waals surface area contributed by atoms with Gasteiger partial charge in [-0.3, -0.25) is 0 Å². The number of hydrogen-bond acceptors (Lipinski definition) is 2. The summed E-state index contributed by atoms with van der Waals surface area (Å²) in [7, 11) is 0. The van der Waals surface area contributed by atoms with Crippen LogP contribution in [-0.4, -0.2) is 53.6 Å². The van der Waals surface area contributed by atoms with E-state index in [4.69, 9.17) is 0 Å². The van der Waals surface area contributed by atoms with E-state index in [1.54, 1.807) is 12.1 Å². The number of amides is 2. The van der Waals surface area contributed by atoms with Gasteiger partial charge in [-0.25, -0.2) is 9.18 Å². The summed E-state index contributed by atoms with van der Waals surface area (Å²) in [4.78, 5) is 17.4. The zero-order valence-corrected chi connectivity index (χ0v) is 14.2. The monoisotopic (exact) mass is 331 g/mol. The molecule has 5 heteroatoms. The maximum absolute atomic E-state index is 13.4.